The quantitative estimate of drug-likeness (QED) is 0.755. The number of alkyl halides is 3. The molecule has 0 aliphatic heterocycles. The summed E-state index contributed by atoms with van der Waals surface area (Å²) in [6, 6.07) is 4.72. The summed E-state index contributed by atoms with van der Waals surface area (Å²) in [5.41, 5.74) is -0.705. The Hall–Kier alpha value is -0.893. The molecule has 3 nitrogen and oxygen atoms in total. The molecule has 19 heavy (non-hydrogen) atoms. The third-order valence-electron chi connectivity index (χ3n) is 2.50. The SMILES string of the molecule is CCO[Si](OC)(OCC)c1ccc(C(F)(F)F)cc1. The van der Waals surface area contributed by atoms with Crippen molar-refractivity contribution in [3.63, 3.8) is 0 Å². The lowest BCUT2D eigenvalue weighted by molar-refractivity contribution is -0.137. The third-order valence-corrected chi connectivity index (χ3v) is 5.42. The zero-order chi connectivity index (χ0) is 14.5. The van der Waals surface area contributed by atoms with Crippen LogP contribution >= 0.6 is 0 Å². The van der Waals surface area contributed by atoms with E-state index in [0.29, 0.717) is 18.4 Å². The second kappa shape index (κ2) is 6.51. The largest absolute Gasteiger partial charge is 0.536 e. The molecule has 0 aliphatic carbocycles. The van der Waals surface area contributed by atoms with Gasteiger partial charge in [0.15, 0.2) is 0 Å². The Labute approximate surface area is 111 Å². The topological polar surface area (TPSA) is 27.7 Å². The van der Waals surface area contributed by atoms with Gasteiger partial charge in [-0.15, -0.1) is 0 Å². The highest BCUT2D eigenvalue weighted by Crippen LogP contribution is 2.28. The van der Waals surface area contributed by atoms with Gasteiger partial charge in [-0.3, -0.25) is 0 Å². The molecule has 0 atom stereocenters. The molecule has 0 amide bonds. The van der Waals surface area contributed by atoms with Gasteiger partial charge >= 0.3 is 15.0 Å². The number of hydrogen-bond acceptors (Lipinski definition) is 3. The molecule has 0 aliphatic rings. The fourth-order valence-corrected chi connectivity index (χ4v) is 3.91. The Balaban J connectivity index is 3.10. The fourth-order valence-electron chi connectivity index (χ4n) is 1.69. The van der Waals surface area contributed by atoms with Crippen LogP contribution in [0.4, 0.5) is 13.2 Å². The molecule has 7 heteroatoms. The fraction of sp³-hybridized carbons (Fsp3) is 0.500. The van der Waals surface area contributed by atoms with Gasteiger partial charge in [0.1, 0.15) is 0 Å². The molecule has 1 aromatic rings. The van der Waals surface area contributed by atoms with Crippen LogP contribution < -0.4 is 5.19 Å². The zero-order valence-electron chi connectivity index (χ0n) is 11.1. The standard InChI is InChI=1S/C12H17F3O3Si/c1-4-17-19(16-3,18-5-2)11-8-6-10(7-9-11)12(13,14)15/h6-9H,4-5H2,1-3H3. The minimum atomic E-state index is -4.35. The van der Waals surface area contributed by atoms with E-state index in [2.05, 4.69) is 0 Å². The molecular weight excluding hydrogens is 277 g/mol. The highest BCUT2D eigenvalue weighted by molar-refractivity contribution is 6.75. The van der Waals surface area contributed by atoms with E-state index < -0.39 is 20.5 Å². The molecule has 1 rings (SSSR count). The minimum Gasteiger partial charge on any atom is -0.373 e. The summed E-state index contributed by atoms with van der Waals surface area (Å²) in [5.74, 6) is 0. The molecule has 0 saturated carbocycles. The smallest absolute Gasteiger partial charge is 0.373 e. The van der Waals surface area contributed by atoms with Crippen LogP contribution in [0.5, 0.6) is 0 Å². The van der Waals surface area contributed by atoms with Crippen LogP contribution in [0.1, 0.15) is 19.4 Å². The molecule has 0 aromatic heterocycles. The van der Waals surface area contributed by atoms with E-state index >= 15 is 0 Å². The van der Waals surface area contributed by atoms with E-state index in [0.717, 1.165) is 12.1 Å². The van der Waals surface area contributed by atoms with Gasteiger partial charge in [0.05, 0.1) is 5.56 Å². The van der Waals surface area contributed by atoms with Crippen LogP contribution in [0.3, 0.4) is 0 Å². The predicted octanol–water partition coefficient (Wildman–Crippen LogP) is 2.57. The molecule has 0 heterocycles. The van der Waals surface area contributed by atoms with Crippen LogP contribution in [0.25, 0.3) is 0 Å². The van der Waals surface area contributed by atoms with Gasteiger partial charge in [0.25, 0.3) is 0 Å². The Morgan fingerprint density at radius 2 is 1.47 bits per heavy atom. The Morgan fingerprint density at radius 1 is 1.00 bits per heavy atom. The van der Waals surface area contributed by atoms with Gasteiger partial charge in [-0.2, -0.15) is 13.2 Å². The molecule has 108 valence electrons. The first kappa shape index (κ1) is 16.2. The average molecular weight is 294 g/mol. The monoisotopic (exact) mass is 294 g/mol. The number of hydrogen-bond donors (Lipinski definition) is 0. The lowest BCUT2D eigenvalue weighted by Gasteiger charge is -2.27. The van der Waals surface area contributed by atoms with Gasteiger partial charge in [-0.05, 0) is 26.0 Å². The summed E-state index contributed by atoms with van der Waals surface area (Å²) in [4.78, 5) is 0. The van der Waals surface area contributed by atoms with Crippen molar-refractivity contribution < 1.29 is 26.4 Å². The maximum absolute atomic E-state index is 12.5. The van der Waals surface area contributed by atoms with Crippen molar-refractivity contribution in [2.45, 2.75) is 20.0 Å². The van der Waals surface area contributed by atoms with Crippen molar-refractivity contribution in [1.29, 1.82) is 0 Å². The van der Waals surface area contributed by atoms with Crippen LogP contribution in [0, 0.1) is 0 Å². The number of halogens is 3. The molecule has 1 aromatic carbocycles. The first-order chi connectivity index (χ1) is 8.89. The zero-order valence-corrected chi connectivity index (χ0v) is 12.1. The average Bonchev–Trinajstić information content (AvgIpc) is 2.37. The van der Waals surface area contributed by atoms with Crippen molar-refractivity contribution in [2.24, 2.45) is 0 Å². The summed E-state index contributed by atoms with van der Waals surface area (Å²) >= 11 is 0. The number of benzene rings is 1. The normalized spacial score (nSPS) is 12.7. The van der Waals surface area contributed by atoms with Gasteiger partial charge in [0, 0.05) is 25.5 Å². The molecule has 0 N–H and O–H groups in total. The molecule has 0 unspecified atom stereocenters. The summed E-state index contributed by atoms with van der Waals surface area (Å²) < 4.78 is 54.0. The van der Waals surface area contributed by atoms with E-state index in [-0.39, 0.29) is 0 Å². The van der Waals surface area contributed by atoms with Crippen molar-refractivity contribution >= 4 is 14.0 Å². The van der Waals surface area contributed by atoms with Crippen LogP contribution in [0.15, 0.2) is 24.3 Å². The Kier molecular flexibility index (Phi) is 5.54. The summed E-state index contributed by atoms with van der Waals surface area (Å²) in [5, 5.41) is 0.520. The van der Waals surface area contributed by atoms with E-state index in [1.54, 1.807) is 13.8 Å². The second-order valence-corrected chi connectivity index (χ2v) is 6.38. The van der Waals surface area contributed by atoms with Crippen LogP contribution in [-0.4, -0.2) is 29.1 Å². The van der Waals surface area contributed by atoms with Crippen molar-refractivity contribution in [3.05, 3.63) is 29.8 Å². The lowest BCUT2D eigenvalue weighted by atomic mass is 10.2. The lowest BCUT2D eigenvalue weighted by Crippen LogP contribution is -2.56. The molecule has 0 bridgehead atoms. The maximum atomic E-state index is 12.5. The van der Waals surface area contributed by atoms with Gasteiger partial charge in [0.2, 0.25) is 0 Å². The maximum Gasteiger partial charge on any atom is 0.536 e. The van der Waals surface area contributed by atoms with E-state index in [9.17, 15) is 13.2 Å². The Bertz CT molecular complexity index is 386. The third kappa shape index (κ3) is 3.79. The first-order valence-corrected chi connectivity index (χ1v) is 7.63. The molecule has 0 saturated heterocycles. The summed E-state index contributed by atoms with van der Waals surface area (Å²) in [6.07, 6.45) is -4.35. The Morgan fingerprint density at radius 3 is 1.79 bits per heavy atom. The highest BCUT2D eigenvalue weighted by Gasteiger charge is 2.43. The first-order valence-electron chi connectivity index (χ1n) is 5.90. The molecule has 0 radical (unpaired) electrons. The van der Waals surface area contributed by atoms with E-state index in [4.69, 9.17) is 13.3 Å². The summed E-state index contributed by atoms with van der Waals surface area (Å²) in [7, 11) is -1.66. The predicted molar refractivity (Wildman–Crippen MR) is 67.1 cm³/mol. The van der Waals surface area contributed by atoms with Gasteiger partial charge in [-0.25, -0.2) is 0 Å². The number of rotatable bonds is 6. The van der Waals surface area contributed by atoms with E-state index in [1.807, 2.05) is 0 Å². The summed E-state index contributed by atoms with van der Waals surface area (Å²) in [6.45, 7) is 4.29. The van der Waals surface area contributed by atoms with E-state index in [1.165, 1.54) is 19.2 Å². The van der Waals surface area contributed by atoms with Gasteiger partial charge in [-0.1, -0.05) is 12.1 Å². The highest BCUT2D eigenvalue weighted by atomic mass is 28.4. The molecule has 0 fully saturated rings. The van der Waals surface area contributed by atoms with Crippen LogP contribution in [-0.2, 0) is 19.5 Å². The second-order valence-electron chi connectivity index (χ2n) is 3.70. The van der Waals surface area contributed by atoms with Crippen molar-refractivity contribution in [3.8, 4) is 0 Å². The molecular formula is C12H17F3O3Si. The molecule has 0 spiro atoms. The van der Waals surface area contributed by atoms with Crippen molar-refractivity contribution in [2.75, 3.05) is 20.3 Å². The minimum absolute atomic E-state index is 0.362. The van der Waals surface area contributed by atoms with Gasteiger partial charge < -0.3 is 13.3 Å². The van der Waals surface area contributed by atoms with Crippen LogP contribution in [0.2, 0.25) is 0 Å². The van der Waals surface area contributed by atoms with Crippen molar-refractivity contribution in [1.82, 2.24) is 0 Å².